The zero-order valence-corrected chi connectivity index (χ0v) is 10.3. The van der Waals surface area contributed by atoms with Gasteiger partial charge in [0.05, 0.1) is 11.7 Å². The van der Waals surface area contributed by atoms with Gasteiger partial charge in [-0.1, -0.05) is 0 Å². The molecule has 1 aromatic rings. The SMILES string of the molecule is CC1(C)CC(O)CN1C(=O)c1cc(F)ccc1F. The van der Waals surface area contributed by atoms with Crippen LogP contribution in [0.2, 0.25) is 0 Å². The van der Waals surface area contributed by atoms with Crippen molar-refractivity contribution in [3.63, 3.8) is 0 Å². The van der Waals surface area contributed by atoms with Crippen molar-refractivity contribution in [1.82, 2.24) is 4.90 Å². The van der Waals surface area contributed by atoms with Crippen LogP contribution in [0.3, 0.4) is 0 Å². The highest BCUT2D eigenvalue weighted by Crippen LogP contribution is 2.30. The van der Waals surface area contributed by atoms with E-state index in [4.69, 9.17) is 0 Å². The van der Waals surface area contributed by atoms with Gasteiger partial charge in [-0.05, 0) is 38.5 Å². The summed E-state index contributed by atoms with van der Waals surface area (Å²) in [7, 11) is 0. The Morgan fingerprint density at radius 2 is 2.11 bits per heavy atom. The van der Waals surface area contributed by atoms with Crippen LogP contribution >= 0.6 is 0 Å². The lowest BCUT2D eigenvalue weighted by Crippen LogP contribution is -2.43. The maximum absolute atomic E-state index is 13.5. The molecule has 1 saturated heterocycles. The molecule has 1 fully saturated rings. The average molecular weight is 255 g/mol. The lowest BCUT2D eigenvalue weighted by atomic mass is 10.0. The zero-order chi connectivity index (χ0) is 13.5. The van der Waals surface area contributed by atoms with Crippen LogP contribution < -0.4 is 0 Å². The number of hydrogen-bond donors (Lipinski definition) is 1. The van der Waals surface area contributed by atoms with Gasteiger partial charge in [0, 0.05) is 12.1 Å². The Hall–Kier alpha value is -1.49. The summed E-state index contributed by atoms with van der Waals surface area (Å²) in [6.07, 6.45) is -0.198. The molecule has 2 rings (SSSR count). The van der Waals surface area contributed by atoms with Crippen molar-refractivity contribution >= 4 is 5.91 Å². The fraction of sp³-hybridized carbons (Fsp3) is 0.462. The third kappa shape index (κ3) is 2.22. The predicted molar refractivity (Wildman–Crippen MR) is 62.1 cm³/mol. The second kappa shape index (κ2) is 4.31. The van der Waals surface area contributed by atoms with Gasteiger partial charge in [0.2, 0.25) is 0 Å². The summed E-state index contributed by atoms with van der Waals surface area (Å²) in [5.41, 5.74) is -0.855. The molecule has 3 nitrogen and oxygen atoms in total. The quantitative estimate of drug-likeness (QED) is 0.833. The van der Waals surface area contributed by atoms with Crippen LogP contribution in [0.5, 0.6) is 0 Å². The monoisotopic (exact) mass is 255 g/mol. The van der Waals surface area contributed by atoms with E-state index in [0.717, 1.165) is 18.2 Å². The largest absolute Gasteiger partial charge is 0.391 e. The summed E-state index contributed by atoms with van der Waals surface area (Å²) in [5, 5.41) is 9.59. The van der Waals surface area contributed by atoms with Crippen molar-refractivity contribution < 1.29 is 18.7 Å². The van der Waals surface area contributed by atoms with Crippen molar-refractivity contribution in [3.8, 4) is 0 Å². The highest BCUT2D eigenvalue weighted by Gasteiger charge is 2.41. The minimum absolute atomic E-state index is 0.141. The second-order valence-corrected chi connectivity index (χ2v) is 5.21. The van der Waals surface area contributed by atoms with Crippen molar-refractivity contribution in [2.75, 3.05) is 6.54 Å². The number of amides is 1. The molecule has 0 aromatic heterocycles. The number of hydrogen-bond acceptors (Lipinski definition) is 2. The normalized spacial score (nSPS) is 22.3. The Morgan fingerprint density at radius 3 is 2.67 bits per heavy atom. The molecule has 1 heterocycles. The third-order valence-electron chi connectivity index (χ3n) is 3.26. The molecule has 5 heteroatoms. The lowest BCUT2D eigenvalue weighted by molar-refractivity contribution is 0.0636. The van der Waals surface area contributed by atoms with E-state index in [1.54, 1.807) is 13.8 Å². The Bertz CT molecular complexity index is 488. The predicted octanol–water partition coefficient (Wildman–Crippen LogP) is 1.95. The summed E-state index contributed by atoms with van der Waals surface area (Å²) in [6.45, 7) is 3.72. The Labute approximate surface area is 104 Å². The first-order chi connectivity index (χ1) is 8.31. The first-order valence-corrected chi connectivity index (χ1v) is 5.76. The first-order valence-electron chi connectivity index (χ1n) is 5.76. The second-order valence-electron chi connectivity index (χ2n) is 5.21. The fourth-order valence-electron chi connectivity index (χ4n) is 2.37. The van der Waals surface area contributed by atoms with E-state index in [1.807, 2.05) is 0 Å². The maximum Gasteiger partial charge on any atom is 0.257 e. The van der Waals surface area contributed by atoms with Gasteiger partial charge in [-0.3, -0.25) is 4.79 Å². The summed E-state index contributed by atoms with van der Waals surface area (Å²) < 4.78 is 26.6. The summed E-state index contributed by atoms with van der Waals surface area (Å²) >= 11 is 0. The van der Waals surface area contributed by atoms with E-state index in [2.05, 4.69) is 0 Å². The molecule has 98 valence electrons. The van der Waals surface area contributed by atoms with E-state index < -0.39 is 29.2 Å². The Morgan fingerprint density at radius 1 is 1.44 bits per heavy atom. The number of aliphatic hydroxyl groups is 1. The number of carbonyl (C=O) groups is 1. The number of halogens is 2. The third-order valence-corrected chi connectivity index (χ3v) is 3.26. The molecular weight excluding hydrogens is 240 g/mol. The summed E-state index contributed by atoms with van der Waals surface area (Å²) in [4.78, 5) is 13.6. The molecule has 0 bridgehead atoms. The molecule has 1 aliphatic heterocycles. The van der Waals surface area contributed by atoms with E-state index in [9.17, 15) is 18.7 Å². The standard InChI is InChI=1S/C13H15F2NO2/c1-13(2)6-9(17)7-16(13)12(18)10-5-8(14)3-4-11(10)15/h3-5,9,17H,6-7H2,1-2H3. The van der Waals surface area contributed by atoms with Crippen LogP contribution in [-0.4, -0.2) is 34.1 Å². The van der Waals surface area contributed by atoms with Gasteiger partial charge >= 0.3 is 0 Å². The Kier molecular flexibility index (Phi) is 3.11. The van der Waals surface area contributed by atoms with Gasteiger partial charge in [0.15, 0.2) is 0 Å². The maximum atomic E-state index is 13.5. The summed E-state index contributed by atoms with van der Waals surface area (Å²) in [6, 6.07) is 2.79. The molecule has 18 heavy (non-hydrogen) atoms. The molecule has 1 aromatic carbocycles. The highest BCUT2D eigenvalue weighted by molar-refractivity contribution is 5.95. The van der Waals surface area contributed by atoms with Crippen molar-refractivity contribution in [1.29, 1.82) is 0 Å². The molecule has 0 saturated carbocycles. The van der Waals surface area contributed by atoms with Crippen LogP contribution in [0.1, 0.15) is 30.6 Å². The number of likely N-dealkylation sites (tertiary alicyclic amines) is 1. The number of benzene rings is 1. The van der Waals surface area contributed by atoms with Crippen LogP contribution in [-0.2, 0) is 0 Å². The van der Waals surface area contributed by atoms with Crippen molar-refractivity contribution in [3.05, 3.63) is 35.4 Å². The highest BCUT2D eigenvalue weighted by atomic mass is 19.1. The van der Waals surface area contributed by atoms with Gasteiger partial charge in [0.25, 0.3) is 5.91 Å². The zero-order valence-electron chi connectivity index (χ0n) is 10.3. The number of aliphatic hydroxyl groups excluding tert-OH is 1. The van der Waals surface area contributed by atoms with Gasteiger partial charge in [0.1, 0.15) is 11.6 Å². The molecule has 1 N–H and O–H groups in total. The van der Waals surface area contributed by atoms with E-state index in [0.29, 0.717) is 6.42 Å². The molecule has 0 radical (unpaired) electrons. The van der Waals surface area contributed by atoms with Crippen LogP contribution in [0, 0.1) is 11.6 Å². The van der Waals surface area contributed by atoms with Crippen LogP contribution in [0.4, 0.5) is 8.78 Å². The first kappa shape index (κ1) is 13.0. The van der Waals surface area contributed by atoms with E-state index in [1.165, 1.54) is 4.90 Å². The molecular formula is C13H15F2NO2. The topological polar surface area (TPSA) is 40.5 Å². The number of nitrogens with zero attached hydrogens (tertiary/aromatic N) is 1. The van der Waals surface area contributed by atoms with E-state index in [-0.39, 0.29) is 12.1 Å². The molecule has 0 aliphatic carbocycles. The minimum Gasteiger partial charge on any atom is -0.391 e. The molecule has 1 atom stereocenters. The molecule has 1 aliphatic rings. The van der Waals surface area contributed by atoms with Crippen molar-refractivity contribution in [2.45, 2.75) is 31.9 Å². The number of β-amino-alcohol motifs (C(OH)–C–C–N with tert-alkyl or cyclic N) is 1. The number of carbonyl (C=O) groups excluding carboxylic acids is 1. The molecule has 1 amide bonds. The fourth-order valence-corrected chi connectivity index (χ4v) is 2.37. The number of rotatable bonds is 1. The summed E-state index contributed by atoms with van der Waals surface area (Å²) in [5.74, 6) is -2.00. The van der Waals surface area contributed by atoms with Crippen LogP contribution in [0.15, 0.2) is 18.2 Å². The van der Waals surface area contributed by atoms with Gasteiger partial charge < -0.3 is 10.0 Å². The van der Waals surface area contributed by atoms with Gasteiger partial charge in [-0.25, -0.2) is 8.78 Å². The average Bonchev–Trinajstić information content (AvgIpc) is 2.54. The van der Waals surface area contributed by atoms with Gasteiger partial charge in [-0.2, -0.15) is 0 Å². The van der Waals surface area contributed by atoms with Crippen LogP contribution in [0.25, 0.3) is 0 Å². The lowest BCUT2D eigenvalue weighted by Gasteiger charge is -2.31. The molecule has 0 spiro atoms. The minimum atomic E-state index is -0.751. The molecule has 1 unspecified atom stereocenters. The Balaban J connectivity index is 2.34. The van der Waals surface area contributed by atoms with E-state index >= 15 is 0 Å². The van der Waals surface area contributed by atoms with Crippen molar-refractivity contribution in [2.24, 2.45) is 0 Å². The van der Waals surface area contributed by atoms with Gasteiger partial charge in [-0.15, -0.1) is 0 Å². The smallest absolute Gasteiger partial charge is 0.257 e.